The molecule has 0 fully saturated rings. The quantitative estimate of drug-likeness (QED) is 0.235. The summed E-state index contributed by atoms with van der Waals surface area (Å²) >= 11 is 0. The van der Waals surface area contributed by atoms with Crippen molar-refractivity contribution in [2.45, 2.75) is 58.8 Å². The van der Waals surface area contributed by atoms with E-state index in [1.54, 1.807) is 6.21 Å². The van der Waals surface area contributed by atoms with E-state index in [9.17, 15) is 4.79 Å². The molecule has 0 saturated carbocycles. The summed E-state index contributed by atoms with van der Waals surface area (Å²) in [6.45, 7) is 4.27. The van der Waals surface area contributed by atoms with Crippen molar-refractivity contribution in [2.24, 2.45) is 5.10 Å². The number of para-hydroxylation sites is 1. The Bertz CT molecular complexity index is 992. The number of hydrazone groups is 1. The van der Waals surface area contributed by atoms with E-state index in [4.69, 9.17) is 5.10 Å². The van der Waals surface area contributed by atoms with Crippen molar-refractivity contribution in [3.8, 4) is 16.9 Å². The maximum atomic E-state index is 12.1. The highest BCUT2D eigenvalue weighted by Crippen LogP contribution is 2.23. The molecule has 0 saturated heterocycles. The number of aryl methyl sites for hydroxylation is 1. The fourth-order valence-electron chi connectivity index (χ4n) is 3.51. The van der Waals surface area contributed by atoms with Crippen LogP contribution in [-0.4, -0.2) is 21.9 Å². The molecular formula is C26H32N4O. The van der Waals surface area contributed by atoms with Crippen molar-refractivity contribution in [1.82, 2.24) is 15.2 Å². The number of hydrogen-bond donors (Lipinski definition) is 1. The number of rotatable bonds is 11. The number of carbonyl (C=O) groups excluding carboxylic acids is 1. The van der Waals surface area contributed by atoms with E-state index in [1.807, 2.05) is 53.3 Å². The van der Waals surface area contributed by atoms with Crippen LogP contribution in [0.3, 0.4) is 0 Å². The molecule has 1 N–H and O–H groups in total. The lowest BCUT2D eigenvalue weighted by molar-refractivity contribution is -0.121. The van der Waals surface area contributed by atoms with Crippen LogP contribution in [0.5, 0.6) is 0 Å². The van der Waals surface area contributed by atoms with Crippen LogP contribution in [0, 0.1) is 6.92 Å². The Morgan fingerprint density at radius 1 is 1.03 bits per heavy atom. The highest BCUT2D eigenvalue weighted by atomic mass is 16.2. The molecule has 0 aliphatic rings. The third-order valence-corrected chi connectivity index (χ3v) is 5.21. The van der Waals surface area contributed by atoms with Gasteiger partial charge in [0.25, 0.3) is 0 Å². The van der Waals surface area contributed by atoms with Gasteiger partial charge in [0.2, 0.25) is 5.91 Å². The average Bonchev–Trinajstić information content (AvgIpc) is 3.21. The lowest BCUT2D eigenvalue weighted by Gasteiger charge is -2.02. The first-order valence-electron chi connectivity index (χ1n) is 11.2. The minimum Gasteiger partial charge on any atom is -0.273 e. The molecule has 0 aliphatic carbocycles. The first-order valence-corrected chi connectivity index (χ1v) is 11.2. The van der Waals surface area contributed by atoms with Gasteiger partial charge in [-0.3, -0.25) is 4.79 Å². The molecule has 31 heavy (non-hydrogen) atoms. The minimum atomic E-state index is -0.0423. The van der Waals surface area contributed by atoms with Crippen molar-refractivity contribution in [1.29, 1.82) is 0 Å². The molecule has 3 aromatic rings. The second-order valence-corrected chi connectivity index (χ2v) is 7.89. The maximum Gasteiger partial charge on any atom is 0.240 e. The topological polar surface area (TPSA) is 59.3 Å². The lowest BCUT2D eigenvalue weighted by atomic mass is 10.1. The molecule has 0 bridgehead atoms. The standard InChI is InChI=1S/C26H32N4O/c1-3-4-5-6-7-11-17-25(31)28-27-19-23-20-30(24-15-9-8-10-16-24)29-26(23)22-14-12-13-21(2)18-22/h8-10,12-16,18-20H,3-7,11,17H2,1-2H3,(H,28,31). The van der Waals surface area contributed by atoms with Gasteiger partial charge in [0, 0.05) is 23.7 Å². The summed E-state index contributed by atoms with van der Waals surface area (Å²) < 4.78 is 1.84. The van der Waals surface area contributed by atoms with Gasteiger partial charge in [-0.1, -0.05) is 81.0 Å². The zero-order valence-electron chi connectivity index (χ0n) is 18.6. The monoisotopic (exact) mass is 416 g/mol. The molecule has 2 aromatic carbocycles. The fourth-order valence-corrected chi connectivity index (χ4v) is 3.51. The Labute approximate surface area is 185 Å². The van der Waals surface area contributed by atoms with Gasteiger partial charge in [-0.25, -0.2) is 10.1 Å². The first kappa shape index (κ1) is 22.5. The van der Waals surface area contributed by atoms with Crippen molar-refractivity contribution < 1.29 is 4.79 Å². The Morgan fingerprint density at radius 3 is 2.58 bits per heavy atom. The summed E-state index contributed by atoms with van der Waals surface area (Å²) in [5, 5.41) is 8.99. The number of nitrogens with one attached hydrogen (secondary N) is 1. The molecule has 0 radical (unpaired) electrons. The number of carbonyl (C=O) groups is 1. The Kier molecular flexibility index (Phi) is 8.59. The zero-order chi connectivity index (χ0) is 21.9. The molecule has 0 aliphatic heterocycles. The SMILES string of the molecule is CCCCCCCCC(=O)NN=Cc1cn(-c2ccccc2)nc1-c1cccc(C)c1. The Morgan fingerprint density at radius 2 is 1.81 bits per heavy atom. The summed E-state index contributed by atoms with van der Waals surface area (Å²) in [7, 11) is 0. The van der Waals surface area contributed by atoms with Crippen LogP contribution in [-0.2, 0) is 4.79 Å². The molecule has 0 atom stereocenters. The number of unbranched alkanes of at least 4 members (excludes halogenated alkanes) is 5. The third-order valence-electron chi connectivity index (χ3n) is 5.21. The van der Waals surface area contributed by atoms with E-state index in [0.29, 0.717) is 6.42 Å². The number of amides is 1. The number of nitrogens with zero attached hydrogens (tertiary/aromatic N) is 3. The number of aromatic nitrogens is 2. The van der Waals surface area contributed by atoms with Gasteiger partial charge < -0.3 is 0 Å². The molecule has 5 nitrogen and oxygen atoms in total. The summed E-state index contributed by atoms with van der Waals surface area (Å²) in [5.74, 6) is -0.0423. The van der Waals surface area contributed by atoms with Crippen LogP contribution in [0.25, 0.3) is 16.9 Å². The van der Waals surface area contributed by atoms with E-state index in [1.165, 1.54) is 31.2 Å². The first-order chi connectivity index (χ1) is 15.2. The van der Waals surface area contributed by atoms with Gasteiger partial charge in [0.1, 0.15) is 5.69 Å². The smallest absolute Gasteiger partial charge is 0.240 e. The summed E-state index contributed by atoms with van der Waals surface area (Å²) in [5.41, 5.74) is 7.52. The largest absolute Gasteiger partial charge is 0.273 e. The van der Waals surface area contributed by atoms with E-state index < -0.39 is 0 Å². The molecule has 162 valence electrons. The van der Waals surface area contributed by atoms with Gasteiger partial charge in [0.05, 0.1) is 11.9 Å². The Balaban J connectivity index is 1.68. The Hall–Kier alpha value is -3.21. The summed E-state index contributed by atoms with van der Waals surface area (Å²) in [6, 6.07) is 18.2. The van der Waals surface area contributed by atoms with Crippen LogP contribution >= 0.6 is 0 Å². The predicted molar refractivity (Wildman–Crippen MR) is 127 cm³/mol. The van der Waals surface area contributed by atoms with Crippen LogP contribution in [0.4, 0.5) is 0 Å². The van der Waals surface area contributed by atoms with E-state index in [0.717, 1.165) is 35.3 Å². The lowest BCUT2D eigenvalue weighted by Crippen LogP contribution is -2.16. The molecular weight excluding hydrogens is 384 g/mol. The molecule has 1 aromatic heterocycles. The van der Waals surface area contributed by atoms with Crippen molar-refractivity contribution >= 4 is 12.1 Å². The number of hydrogen-bond acceptors (Lipinski definition) is 3. The van der Waals surface area contributed by atoms with Crippen LogP contribution < -0.4 is 5.43 Å². The second kappa shape index (κ2) is 11.8. The van der Waals surface area contributed by atoms with Crippen LogP contribution in [0.15, 0.2) is 65.9 Å². The van der Waals surface area contributed by atoms with Crippen molar-refractivity contribution in [3.05, 3.63) is 71.9 Å². The molecule has 1 heterocycles. The van der Waals surface area contributed by atoms with E-state index in [-0.39, 0.29) is 5.91 Å². The third kappa shape index (κ3) is 6.92. The maximum absolute atomic E-state index is 12.1. The van der Waals surface area contributed by atoms with Gasteiger partial charge in [-0.2, -0.15) is 10.2 Å². The number of benzene rings is 2. The molecule has 3 rings (SSSR count). The fraction of sp³-hybridized carbons (Fsp3) is 0.346. The summed E-state index contributed by atoms with van der Waals surface area (Å²) in [6.07, 6.45) is 11.1. The van der Waals surface area contributed by atoms with Gasteiger partial charge in [-0.15, -0.1) is 0 Å². The average molecular weight is 417 g/mol. The predicted octanol–water partition coefficient (Wildman–Crippen LogP) is 6.05. The highest BCUT2D eigenvalue weighted by Gasteiger charge is 2.11. The van der Waals surface area contributed by atoms with Crippen LogP contribution in [0.1, 0.15) is 63.0 Å². The normalized spacial score (nSPS) is 11.2. The van der Waals surface area contributed by atoms with Crippen molar-refractivity contribution in [3.63, 3.8) is 0 Å². The summed E-state index contributed by atoms with van der Waals surface area (Å²) in [4.78, 5) is 12.1. The van der Waals surface area contributed by atoms with E-state index >= 15 is 0 Å². The van der Waals surface area contributed by atoms with E-state index in [2.05, 4.69) is 36.5 Å². The van der Waals surface area contributed by atoms with Crippen molar-refractivity contribution in [2.75, 3.05) is 0 Å². The zero-order valence-corrected chi connectivity index (χ0v) is 18.6. The molecule has 0 spiro atoms. The molecule has 5 heteroatoms. The van der Waals surface area contributed by atoms with Gasteiger partial charge in [-0.05, 0) is 31.5 Å². The van der Waals surface area contributed by atoms with Crippen LogP contribution in [0.2, 0.25) is 0 Å². The molecule has 0 unspecified atom stereocenters. The van der Waals surface area contributed by atoms with Gasteiger partial charge in [0.15, 0.2) is 0 Å². The second-order valence-electron chi connectivity index (χ2n) is 7.89. The highest BCUT2D eigenvalue weighted by molar-refractivity contribution is 5.89. The minimum absolute atomic E-state index is 0.0423. The van der Waals surface area contributed by atoms with Gasteiger partial charge >= 0.3 is 0 Å². The molecule has 1 amide bonds.